The van der Waals surface area contributed by atoms with Crippen LogP contribution in [-0.4, -0.2) is 35.0 Å². The topological polar surface area (TPSA) is 47.0 Å². The predicted molar refractivity (Wildman–Crippen MR) is 89.3 cm³/mol. The SMILES string of the molecule is CCNc1nc(C(C)(C)C)nc(SC2CCOCC2)c1C. The number of nitrogens with zero attached hydrogens (tertiary/aromatic N) is 2. The van der Waals surface area contributed by atoms with Crippen LogP contribution >= 0.6 is 11.8 Å². The molecule has 5 heteroatoms. The lowest BCUT2D eigenvalue weighted by Crippen LogP contribution is -2.21. The molecule has 4 nitrogen and oxygen atoms in total. The largest absolute Gasteiger partial charge is 0.381 e. The third kappa shape index (κ3) is 4.33. The zero-order valence-corrected chi connectivity index (χ0v) is 14.6. The molecule has 1 fully saturated rings. The molecule has 0 unspecified atom stereocenters. The number of ether oxygens (including phenoxy) is 1. The van der Waals surface area contributed by atoms with Crippen molar-refractivity contribution in [1.29, 1.82) is 0 Å². The molecule has 1 saturated heterocycles. The third-order valence-electron chi connectivity index (χ3n) is 3.56. The van der Waals surface area contributed by atoms with Crippen molar-refractivity contribution >= 4 is 17.6 Å². The highest BCUT2D eigenvalue weighted by Crippen LogP contribution is 2.34. The van der Waals surface area contributed by atoms with E-state index >= 15 is 0 Å². The minimum Gasteiger partial charge on any atom is -0.381 e. The normalized spacial score (nSPS) is 17.0. The van der Waals surface area contributed by atoms with Crippen LogP contribution in [0.2, 0.25) is 0 Å². The third-order valence-corrected chi connectivity index (χ3v) is 4.99. The Morgan fingerprint density at radius 1 is 1.24 bits per heavy atom. The van der Waals surface area contributed by atoms with E-state index in [9.17, 15) is 0 Å². The molecule has 0 aromatic carbocycles. The molecule has 0 amide bonds. The maximum absolute atomic E-state index is 5.45. The first-order chi connectivity index (χ1) is 9.91. The number of nitrogens with one attached hydrogen (secondary N) is 1. The van der Waals surface area contributed by atoms with Crippen LogP contribution in [0.15, 0.2) is 5.03 Å². The van der Waals surface area contributed by atoms with E-state index in [1.807, 2.05) is 11.8 Å². The van der Waals surface area contributed by atoms with Crippen molar-refractivity contribution in [3.63, 3.8) is 0 Å². The van der Waals surface area contributed by atoms with Gasteiger partial charge in [-0.3, -0.25) is 0 Å². The maximum atomic E-state index is 5.45. The Kier molecular flexibility index (Phi) is 5.49. The number of rotatable bonds is 4. The smallest absolute Gasteiger partial charge is 0.137 e. The van der Waals surface area contributed by atoms with Gasteiger partial charge in [-0.15, -0.1) is 11.8 Å². The molecule has 1 aromatic heterocycles. The van der Waals surface area contributed by atoms with Crippen LogP contribution < -0.4 is 5.32 Å². The Balaban J connectivity index is 2.30. The summed E-state index contributed by atoms with van der Waals surface area (Å²) in [4.78, 5) is 9.58. The number of anilines is 1. The van der Waals surface area contributed by atoms with Crippen molar-refractivity contribution in [2.75, 3.05) is 25.1 Å². The van der Waals surface area contributed by atoms with E-state index in [1.165, 1.54) is 5.56 Å². The summed E-state index contributed by atoms with van der Waals surface area (Å²) < 4.78 is 5.45. The molecule has 0 saturated carbocycles. The number of aromatic nitrogens is 2. The highest BCUT2D eigenvalue weighted by Gasteiger charge is 2.23. The molecular formula is C16H27N3OS. The van der Waals surface area contributed by atoms with Gasteiger partial charge in [0.15, 0.2) is 0 Å². The monoisotopic (exact) mass is 309 g/mol. The molecule has 0 bridgehead atoms. The van der Waals surface area contributed by atoms with Gasteiger partial charge in [-0.05, 0) is 26.7 Å². The standard InChI is InChI=1S/C16H27N3OS/c1-6-17-13-11(2)14(19-15(18-13)16(3,4)5)21-12-7-9-20-10-8-12/h12H,6-10H2,1-5H3,(H,17,18,19). The van der Waals surface area contributed by atoms with Gasteiger partial charge in [-0.2, -0.15) is 0 Å². The minimum absolute atomic E-state index is 0.0388. The molecule has 1 aromatic rings. The average molecular weight is 309 g/mol. The van der Waals surface area contributed by atoms with Crippen LogP contribution in [0.1, 0.15) is 51.9 Å². The van der Waals surface area contributed by atoms with Gasteiger partial charge in [-0.25, -0.2) is 9.97 Å². The van der Waals surface area contributed by atoms with Gasteiger partial charge in [0.05, 0.1) is 0 Å². The van der Waals surface area contributed by atoms with Gasteiger partial charge in [0.1, 0.15) is 16.7 Å². The Bertz CT molecular complexity index is 479. The summed E-state index contributed by atoms with van der Waals surface area (Å²) in [5, 5.41) is 5.11. The Labute approximate surface area is 132 Å². The summed E-state index contributed by atoms with van der Waals surface area (Å²) in [6.45, 7) is 13.3. The highest BCUT2D eigenvalue weighted by atomic mass is 32.2. The molecular weight excluding hydrogens is 282 g/mol. The fourth-order valence-electron chi connectivity index (χ4n) is 2.24. The van der Waals surface area contributed by atoms with Gasteiger partial charge < -0.3 is 10.1 Å². The minimum atomic E-state index is -0.0388. The van der Waals surface area contributed by atoms with Crippen molar-refractivity contribution < 1.29 is 4.74 Å². The molecule has 21 heavy (non-hydrogen) atoms. The number of thioether (sulfide) groups is 1. The van der Waals surface area contributed by atoms with Crippen LogP contribution in [0.3, 0.4) is 0 Å². The first kappa shape index (κ1) is 16.6. The molecule has 0 spiro atoms. The number of hydrogen-bond acceptors (Lipinski definition) is 5. The summed E-state index contributed by atoms with van der Waals surface area (Å²) in [5.41, 5.74) is 1.13. The van der Waals surface area contributed by atoms with Crippen molar-refractivity contribution in [3.05, 3.63) is 11.4 Å². The van der Waals surface area contributed by atoms with E-state index in [4.69, 9.17) is 14.7 Å². The van der Waals surface area contributed by atoms with E-state index in [2.05, 4.69) is 39.9 Å². The van der Waals surface area contributed by atoms with E-state index in [0.717, 1.165) is 49.3 Å². The summed E-state index contributed by atoms with van der Waals surface area (Å²) in [7, 11) is 0. The Hall–Kier alpha value is -0.810. The quantitative estimate of drug-likeness (QED) is 0.858. The van der Waals surface area contributed by atoms with Crippen molar-refractivity contribution in [3.8, 4) is 0 Å². The van der Waals surface area contributed by atoms with Crippen LogP contribution in [-0.2, 0) is 10.2 Å². The Morgan fingerprint density at radius 3 is 2.48 bits per heavy atom. The maximum Gasteiger partial charge on any atom is 0.137 e. The van der Waals surface area contributed by atoms with Crippen molar-refractivity contribution in [2.45, 2.75) is 63.2 Å². The predicted octanol–water partition coefficient (Wildman–Crippen LogP) is 3.79. The molecule has 0 radical (unpaired) electrons. The number of hydrogen-bond donors (Lipinski definition) is 1. The molecule has 1 aliphatic rings. The average Bonchev–Trinajstić information content (AvgIpc) is 2.43. The van der Waals surface area contributed by atoms with E-state index in [0.29, 0.717) is 5.25 Å². The molecule has 1 N–H and O–H groups in total. The molecule has 0 atom stereocenters. The summed E-state index contributed by atoms with van der Waals surface area (Å²) in [6.07, 6.45) is 2.21. The molecule has 1 aliphatic heterocycles. The fourth-order valence-corrected chi connectivity index (χ4v) is 3.39. The van der Waals surface area contributed by atoms with Gasteiger partial charge in [-0.1, -0.05) is 20.8 Å². The first-order valence-electron chi connectivity index (χ1n) is 7.79. The van der Waals surface area contributed by atoms with Gasteiger partial charge in [0.2, 0.25) is 0 Å². The lowest BCUT2D eigenvalue weighted by molar-refractivity contribution is 0.1000. The van der Waals surface area contributed by atoms with E-state index in [-0.39, 0.29) is 5.41 Å². The van der Waals surface area contributed by atoms with Crippen molar-refractivity contribution in [2.24, 2.45) is 0 Å². The molecule has 0 aliphatic carbocycles. The van der Waals surface area contributed by atoms with E-state index in [1.54, 1.807) is 0 Å². The first-order valence-corrected chi connectivity index (χ1v) is 8.67. The lowest BCUT2D eigenvalue weighted by atomic mass is 9.95. The fraction of sp³-hybridized carbons (Fsp3) is 0.750. The summed E-state index contributed by atoms with van der Waals surface area (Å²) in [6, 6.07) is 0. The van der Waals surface area contributed by atoms with Gasteiger partial charge >= 0.3 is 0 Å². The van der Waals surface area contributed by atoms with Crippen LogP contribution in [0, 0.1) is 6.92 Å². The second-order valence-electron chi connectivity index (χ2n) is 6.54. The zero-order valence-electron chi connectivity index (χ0n) is 13.8. The second kappa shape index (κ2) is 6.97. The van der Waals surface area contributed by atoms with Crippen LogP contribution in [0.4, 0.5) is 5.82 Å². The lowest BCUT2D eigenvalue weighted by Gasteiger charge is -2.24. The highest BCUT2D eigenvalue weighted by molar-refractivity contribution is 7.99. The summed E-state index contributed by atoms with van der Waals surface area (Å²) >= 11 is 1.89. The Morgan fingerprint density at radius 2 is 1.90 bits per heavy atom. The van der Waals surface area contributed by atoms with Gasteiger partial charge in [0.25, 0.3) is 0 Å². The zero-order chi connectivity index (χ0) is 15.5. The summed E-state index contributed by atoms with van der Waals surface area (Å²) in [5.74, 6) is 1.89. The second-order valence-corrected chi connectivity index (χ2v) is 7.82. The van der Waals surface area contributed by atoms with Crippen molar-refractivity contribution in [1.82, 2.24) is 9.97 Å². The molecule has 2 heterocycles. The van der Waals surface area contributed by atoms with Crippen LogP contribution in [0.5, 0.6) is 0 Å². The van der Waals surface area contributed by atoms with Crippen LogP contribution in [0.25, 0.3) is 0 Å². The van der Waals surface area contributed by atoms with Gasteiger partial charge in [0, 0.05) is 36.0 Å². The molecule has 2 rings (SSSR count). The molecule has 118 valence electrons. The van der Waals surface area contributed by atoms with E-state index < -0.39 is 0 Å².